The fourth-order valence-electron chi connectivity index (χ4n) is 1.53. The van der Waals surface area contributed by atoms with Crippen molar-refractivity contribution in [2.45, 2.75) is 12.5 Å². The van der Waals surface area contributed by atoms with Crippen LogP contribution in [-0.2, 0) is 6.42 Å². The molecular formula is C12H9BrClFOS. The van der Waals surface area contributed by atoms with Gasteiger partial charge in [0.1, 0.15) is 5.82 Å². The average Bonchev–Trinajstić information content (AvgIpc) is 2.67. The molecule has 1 atom stereocenters. The lowest BCUT2D eigenvalue weighted by Crippen LogP contribution is -2.03. The number of rotatable bonds is 3. The minimum atomic E-state index is -0.876. The van der Waals surface area contributed by atoms with Gasteiger partial charge in [0, 0.05) is 21.9 Å². The van der Waals surface area contributed by atoms with E-state index in [0.717, 1.165) is 8.66 Å². The molecule has 0 saturated carbocycles. The summed E-state index contributed by atoms with van der Waals surface area (Å²) in [6.07, 6.45) is -0.493. The molecule has 0 aliphatic heterocycles. The van der Waals surface area contributed by atoms with Gasteiger partial charge in [-0.15, -0.1) is 11.3 Å². The lowest BCUT2D eigenvalue weighted by atomic mass is 10.1. The fourth-order valence-corrected chi connectivity index (χ4v) is 3.23. The van der Waals surface area contributed by atoms with Gasteiger partial charge in [0.25, 0.3) is 0 Å². The van der Waals surface area contributed by atoms with Crippen molar-refractivity contribution in [1.82, 2.24) is 0 Å². The predicted octanol–water partition coefficient (Wildman–Crippen LogP) is 4.58. The lowest BCUT2D eigenvalue weighted by Gasteiger charge is -2.11. The molecule has 0 aliphatic carbocycles. The average molecular weight is 336 g/mol. The Morgan fingerprint density at radius 1 is 1.35 bits per heavy atom. The minimum Gasteiger partial charge on any atom is -0.388 e. The van der Waals surface area contributed by atoms with Crippen molar-refractivity contribution >= 4 is 38.9 Å². The number of thiophene rings is 1. The highest BCUT2D eigenvalue weighted by molar-refractivity contribution is 9.11. The van der Waals surface area contributed by atoms with Crippen LogP contribution in [0, 0.1) is 5.82 Å². The van der Waals surface area contributed by atoms with E-state index in [-0.39, 0.29) is 5.56 Å². The molecule has 2 aromatic rings. The molecule has 0 spiro atoms. The molecule has 1 aromatic heterocycles. The summed E-state index contributed by atoms with van der Waals surface area (Å²) in [5.41, 5.74) is 0.238. The molecule has 1 aromatic carbocycles. The van der Waals surface area contributed by atoms with Gasteiger partial charge in [-0.2, -0.15) is 0 Å². The van der Waals surface area contributed by atoms with E-state index >= 15 is 0 Å². The second kappa shape index (κ2) is 5.48. The highest BCUT2D eigenvalue weighted by atomic mass is 79.9. The third-order valence-corrected chi connectivity index (χ3v) is 4.22. The molecule has 5 heteroatoms. The molecule has 0 bridgehead atoms. The first-order valence-electron chi connectivity index (χ1n) is 4.93. The van der Waals surface area contributed by atoms with E-state index in [9.17, 15) is 9.50 Å². The monoisotopic (exact) mass is 334 g/mol. The molecule has 0 saturated heterocycles. The van der Waals surface area contributed by atoms with Crippen molar-refractivity contribution in [3.05, 3.63) is 55.4 Å². The van der Waals surface area contributed by atoms with Crippen LogP contribution in [0.5, 0.6) is 0 Å². The molecule has 2 rings (SSSR count). The molecular weight excluding hydrogens is 327 g/mol. The molecule has 0 aliphatic rings. The summed E-state index contributed by atoms with van der Waals surface area (Å²) in [5, 5.41) is 10.4. The van der Waals surface area contributed by atoms with Crippen LogP contribution in [0.15, 0.2) is 34.1 Å². The largest absolute Gasteiger partial charge is 0.388 e. The molecule has 1 nitrogen and oxygen atoms in total. The number of halogens is 3. The number of aliphatic hydroxyl groups is 1. The molecule has 0 fully saturated rings. The third kappa shape index (κ3) is 3.28. The molecule has 90 valence electrons. The van der Waals surface area contributed by atoms with Gasteiger partial charge in [0.15, 0.2) is 0 Å². The first kappa shape index (κ1) is 13.0. The lowest BCUT2D eigenvalue weighted by molar-refractivity contribution is 0.174. The maximum absolute atomic E-state index is 13.5. The Labute approximate surface area is 116 Å². The van der Waals surface area contributed by atoms with Gasteiger partial charge in [-0.1, -0.05) is 11.6 Å². The van der Waals surface area contributed by atoms with Gasteiger partial charge >= 0.3 is 0 Å². The number of benzene rings is 1. The van der Waals surface area contributed by atoms with Crippen LogP contribution in [0.4, 0.5) is 4.39 Å². The van der Waals surface area contributed by atoms with Gasteiger partial charge < -0.3 is 5.11 Å². The summed E-state index contributed by atoms with van der Waals surface area (Å²) in [4.78, 5) is 0.990. The van der Waals surface area contributed by atoms with Crippen molar-refractivity contribution in [2.75, 3.05) is 0 Å². The summed E-state index contributed by atoms with van der Waals surface area (Å²) < 4.78 is 14.5. The van der Waals surface area contributed by atoms with Crippen LogP contribution in [0.25, 0.3) is 0 Å². The maximum Gasteiger partial charge on any atom is 0.129 e. The standard InChI is InChI=1S/C12H9BrClFOS/c13-12-4-2-8(17-12)6-11(16)9-5-7(14)1-3-10(9)15/h1-5,11,16H,6H2. The zero-order valence-corrected chi connectivity index (χ0v) is 11.8. The molecule has 0 radical (unpaired) electrons. The van der Waals surface area contributed by atoms with Crippen molar-refractivity contribution in [3.8, 4) is 0 Å². The van der Waals surface area contributed by atoms with Crippen molar-refractivity contribution in [2.24, 2.45) is 0 Å². The Balaban J connectivity index is 2.19. The highest BCUT2D eigenvalue weighted by Crippen LogP contribution is 2.28. The fraction of sp³-hybridized carbons (Fsp3) is 0.167. The topological polar surface area (TPSA) is 20.2 Å². The van der Waals surface area contributed by atoms with Crippen LogP contribution in [0.3, 0.4) is 0 Å². The maximum atomic E-state index is 13.5. The summed E-state index contributed by atoms with van der Waals surface area (Å²) in [6.45, 7) is 0. The van der Waals surface area contributed by atoms with E-state index < -0.39 is 11.9 Å². The summed E-state index contributed by atoms with van der Waals surface area (Å²) >= 11 is 10.7. The van der Waals surface area contributed by atoms with Crippen molar-refractivity contribution < 1.29 is 9.50 Å². The molecule has 1 unspecified atom stereocenters. The van der Waals surface area contributed by atoms with E-state index in [1.54, 1.807) is 0 Å². The molecule has 1 N–H and O–H groups in total. The summed E-state index contributed by atoms with van der Waals surface area (Å²) in [7, 11) is 0. The molecule has 0 amide bonds. The Kier molecular flexibility index (Phi) is 4.20. The third-order valence-electron chi connectivity index (χ3n) is 2.34. The Bertz CT molecular complexity index is 529. The Hall–Kier alpha value is -0.420. The van der Waals surface area contributed by atoms with Crippen molar-refractivity contribution in [1.29, 1.82) is 0 Å². The van der Waals surface area contributed by atoms with Crippen LogP contribution in [0.1, 0.15) is 16.5 Å². The number of hydrogen-bond acceptors (Lipinski definition) is 2. The van der Waals surface area contributed by atoms with Crippen LogP contribution < -0.4 is 0 Å². The second-order valence-corrected chi connectivity index (χ2v) is 6.58. The number of hydrogen-bond donors (Lipinski definition) is 1. The Morgan fingerprint density at radius 2 is 2.12 bits per heavy atom. The van der Waals surface area contributed by atoms with E-state index in [2.05, 4.69) is 15.9 Å². The summed E-state index contributed by atoms with van der Waals surface area (Å²) in [6, 6.07) is 8.01. The van der Waals surface area contributed by atoms with Gasteiger partial charge in [-0.05, 0) is 46.3 Å². The van der Waals surface area contributed by atoms with E-state index in [1.165, 1.54) is 29.5 Å². The minimum absolute atomic E-state index is 0.238. The van der Waals surface area contributed by atoms with E-state index in [1.807, 2.05) is 12.1 Å². The van der Waals surface area contributed by atoms with E-state index in [4.69, 9.17) is 11.6 Å². The SMILES string of the molecule is OC(Cc1ccc(Br)s1)c1cc(Cl)ccc1F. The first-order chi connectivity index (χ1) is 8.06. The zero-order valence-electron chi connectivity index (χ0n) is 8.66. The van der Waals surface area contributed by atoms with Gasteiger partial charge in [-0.25, -0.2) is 4.39 Å². The number of aliphatic hydroxyl groups excluding tert-OH is 1. The van der Waals surface area contributed by atoms with E-state index in [0.29, 0.717) is 11.4 Å². The van der Waals surface area contributed by atoms with Crippen LogP contribution in [-0.4, -0.2) is 5.11 Å². The van der Waals surface area contributed by atoms with Crippen molar-refractivity contribution in [3.63, 3.8) is 0 Å². The summed E-state index contributed by atoms with van der Waals surface area (Å²) in [5.74, 6) is -0.433. The molecule has 17 heavy (non-hydrogen) atoms. The van der Waals surface area contributed by atoms with Gasteiger partial charge in [0.2, 0.25) is 0 Å². The predicted molar refractivity (Wildman–Crippen MR) is 72.1 cm³/mol. The highest BCUT2D eigenvalue weighted by Gasteiger charge is 2.14. The quantitative estimate of drug-likeness (QED) is 0.870. The van der Waals surface area contributed by atoms with Crippen LogP contribution in [0.2, 0.25) is 5.02 Å². The second-order valence-electron chi connectivity index (χ2n) is 3.59. The smallest absolute Gasteiger partial charge is 0.129 e. The van der Waals surface area contributed by atoms with Gasteiger partial charge in [-0.3, -0.25) is 0 Å². The normalized spacial score (nSPS) is 12.7. The zero-order chi connectivity index (χ0) is 12.4. The first-order valence-corrected chi connectivity index (χ1v) is 6.92. The van der Waals surface area contributed by atoms with Gasteiger partial charge in [0.05, 0.1) is 9.89 Å². The Morgan fingerprint density at radius 3 is 2.76 bits per heavy atom. The van der Waals surface area contributed by atoms with Crippen LogP contribution >= 0.6 is 38.9 Å². The molecule has 1 heterocycles.